The molecule has 0 radical (unpaired) electrons. The first kappa shape index (κ1) is 25.4. The van der Waals surface area contributed by atoms with Gasteiger partial charge in [-0.3, -0.25) is 14.4 Å². The largest absolute Gasteiger partial charge is 0.352 e. The first-order valence-corrected chi connectivity index (χ1v) is 13.8. The number of halogens is 2. The zero-order chi connectivity index (χ0) is 28.5. The summed E-state index contributed by atoms with van der Waals surface area (Å²) in [5.41, 5.74) is 2.51. The van der Waals surface area contributed by atoms with Gasteiger partial charge in [0, 0.05) is 22.0 Å². The smallest absolute Gasteiger partial charge is 0.238 e. The number of hydrogen-bond donors (Lipinski definition) is 1. The number of rotatable bonds is 4. The van der Waals surface area contributed by atoms with Gasteiger partial charge in [-0.25, -0.2) is 4.39 Å². The second kappa shape index (κ2) is 9.25. The van der Waals surface area contributed by atoms with Crippen LogP contribution in [0.3, 0.4) is 0 Å². The Kier molecular flexibility index (Phi) is 5.73. The monoisotopic (exact) mass is 562 g/mol. The number of aryl methyl sites for hydroxylation is 1. The topological polar surface area (TPSA) is 66.5 Å². The average molecular weight is 563 g/mol. The molecule has 1 spiro atoms. The van der Waals surface area contributed by atoms with Crippen LogP contribution in [0.15, 0.2) is 97.1 Å². The van der Waals surface area contributed by atoms with Crippen molar-refractivity contribution in [1.82, 2.24) is 0 Å². The number of carbonyl (C=O) groups excluding carboxylic acids is 3. The van der Waals surface area contributed by atoms with E-state index in [9.17, 15) is 14.4 Å². The maximum atomic E-state index is 15.3. The van der Waals surface area contributed by atoms with E-state index in [2.05, 4.69) is 5.32 Å². The Morgan fingerprint density at radius 3 is 2.44 bits per heavy atom. The van der Waals surface area contributed by atoms with Crippen LogP contribution in [0.5, 0.6) is 0 Å². The Labute approximate surface area is 241 Å². The zero-order valence-corrected chi connectivity index (χ0v) is 22.7. The minimum absolute atomic E-state index is 0.157. The number of carbonyl (C=O) groups is 3. The Balaban J connectivity index is 1.55. The number of nitrogens with one attached hydrogen (secondary N) is 1. The minimum Gasteiger partial charge on any atom is -0.352 e. The van der Waals surface area contributed by atoms with Gasteiger partial charge in [0.2, 0.25) is 5.91 Å². The number of ketones is 2. The van der Waals surface area contributed by atoms with Crippen LogP contribution in [-0.2, 0) is 10.2 Å². The van der Waals surface area contributed by atoms with Gasteiger partial charge < -0.3 is 10.2 Å². The van der Waals surface area contributed by atoms with Crippen LogP contribution in [0.1, 0.15) is 37.4 Å². The lowest BCUT2D eigenvalue weighted by molar-refractivity contribution is -0.121. The molecule has 0 aromatic heterocycles. The summed E-state index contributed by atoms with van der Waals surface area (Å²) in [4.78, 5) is 45.5. The van der Waals surface area contributed by atoms with Crippen molar-refractivity contribution in [2.24, 2.45) is 5.92 Å². The fraction of sp³-hybridized carbons (Fsp3) is 0.147. The predicted octanol–water partition coefficient (Wildman–Crippen LogP) is 6.64. The minimum atomic E-state index is -1.50. The van der Waals surface area contributed by atoms with Crippen LogP contribution in [0, 0.1) is 18.7 Å². The molecular weight excluding hydrogens is 539 g/mol. The van der Waals surface area contributed by atoms with E-state index in [1.54, 1.807) is 36.4 Å². The maximum absolute atomic E-state index is 15.3. The van der Waals surface area contributed by atoms with Crippen molar-refractivity contribution in [2.45, 2.75) is 24.4 Å². The van der Waals surface area contributed by atoms with Crippen LogP contribution < -0.4 is 10.2 Å². The summed E-state index contributed by atoms with van der Waals surface area (Å²) in [6.07, 6.45) is 3.85. The van der Waals surface area contributed by atoms with E-state index in [4.69, 9.17) is 11.6 Å². The van der Waals surface area contributed by atoms with E-state index in [0.29, 0.717) is 21.8 Å². The fourth-order valence-electron chi connectivity index (χ4n) is 6.91. The molecular formula is C34H24ClFN2O3. The number of amides is 1. The highest BCUT2D eigenvalue weighted by atomic mass is 35.5. The molecule has 4 aromatic carbocycles. The van der Waals surface area contributed by atoms with E-state index in [1.165, 1.54) is 18.2 Å². The normalized spacial score (nSPS) is 23.6. The van der Waals surface area contributed by atoms with Crippen LogP contribution in [0.4, 0.5) is 15.8 Å². The molecule has 5 nitrogen and oxygen atoms in total. The Morgan fingerprint density at radius 2 is 1.66 bits per heavy atom. The molecule has 4 aromatic rings. The van der Waals surface area contributed by atoms with E-state index >= 15 is 4.39 Å². The maximum Gasteiger partial charge on any atom is 0.238 e. The number of nitrogens with zero attached hydrogens (tertiary/aromatic N) is 1. The highest BCUT2D eigenvalue weighted by molar-refractivity contribution is 6.30. The van der Waals surface area contributed by atoms with Gasteiger partial charge in [0.05, 0.1) is 17.5 Å². The van der Waals surface area contributed by atoms with Gasteiger partial charge in [-0.15, -0.1) is 0 Å². The Morgan fingerprint density at radius 1 is 0.927 bits per heavy atom. The van der Waals surface area contributed by atoms with E-state index in [0.717, 1.165) is 16.8 Å². The number of Topliss-reactive ketones (excluding diaryl/α,β-unsaturated/α-hetero) is 2. The second-order valence-corrected chi connectivity index (χ2v) is 11.2. The highest BCUT2D eigenvalue weighted by Crippen LogP contribution is 2.58. The van der Waals surface area contributed by atoms with Crippen LogP contribution in [0.2, 0.25) is 5.02 Å². The molecule has 0 saturated carbocycles. The fourth-order valence-corrected chi connectivity index (χ4v) is 7.04. The van der Waals surface area contributed by atoms with Gasteiger partial charge in [0.1, 0.15) is 17.3 Å². The van der Waals surface area contributed by atoms with Crippen molar-refractivity contribution in [3.63, 3.8) is 0 Å². The first-order valence-electron chi connectivity index (χ1n) is 13.4. The summed E-state index contributed by atoms with van der Waals surface area (Å²) in [6.45, 7) is 1.98. The summed E-state index contributed by atoms with van der Waals surface area (Å²) in [6, 6.07) is 23.5. The molecule has 4 atom stereocenters. The van der Waals surface area contributed by atoms with Crippen molar-refractivity contribution >= 4 is 46.5 Å². The SMILES string of the molecule is Cc1ccc2c(c1)C=C[C@@H]1N2[C@H](C(=O)c2ccc(Cl)cc2)[C@H](C(=O)c2ccccc2F)[C@@]12C(=O)Nc1ccccc12. The number of fused-ring (bicyclic) bond motifs is 6. The number of anilines is 2. The highest BCUT2D eigenvalue weighted by Gasteiger charge is 2.70. The van der Waals surface area contributed by atoms with E-state index in [1.807, 2.05) is 60.4 Å². The van der Waals surface area contributed by atoms with Gasteiger partial charge >= 0.3 is 0 Å². The molecule has 0 unspecified atom stereocenters. The first-order chi connectivity index (χ1) is 19.8. The third-order valence-corrected chi connectivity index (χ3v) is 8.86. The van der Waals surface area contributed by atoms with Crippen molar-refractivity contribution in [2.75, 3.05) is 10.2 Å². The van der Waals surface area contributed by atoms with Crippen LogP contribution >= 0.6 is 11.6 Å². The molecule has 7 heteroatoms. The molecule has 0 aliphatic carbocycles. The van der Waals surface area contributed by atoms with Crippen molar-refractivity contribution in [3.05, 3.63) is 136 Å². The third-order valence-electron chi connectivity index (χ3n) is 8.61. The third kappa shape index (κ3) is 3.57. The molecule has 1 fully saturated rings. The summed E-state index contributed by atoms with van der Waals surface area (Å²) < 4.78 is 15.3. The second-order valence-electron chi connectivity index (χ2n) is 10.8. The molecule has 0 bridgehead atoms. The molecule has 3 heterocycles. The molecule has 3 aliphatic heterocycles. The van der Waals surface area contributed by atoms with Gasteiger partial charge in [-0.1, -0.05) is 65.7 Å². The molecule has 41 heavy (non-hydrogen) atoms. The standard InChI is InChI=1S/C34H24ClFN2O3/c1-19-10-16-27-21(18-19)13-17-28-34(24-7-3-5-9-26(24)37-33(34)41)29(32(40)23-6-2-4-8-25(23)36)30(38(27)28)31(39)20-11-14-22(35)15-12-20/h2-18,28-30H,1H3,(H,37,41)/t28-,29+,30-,34-/m0/s1. The lowest BCUT2D eigenvalue weighted by Crippen LogP contribution is -2.51. The lowest BCUT2D eigenvalue weighted by Gasteiger charge is -2.37. The predicted molar refractivity (Wildman–Crippen MR) is 157 cm³/mol. The summed E-state index contributed by atoms with van der Waals surface area (Å²) >= 11 is 6.14. The molecule has 202 valence electrons. The van der Waals surface area contributed by atoms with Crippen molar-refractivity contribution in [1.29, 1.82) is 0 Å². The van der Waals surface area contributed by atoms with Gasteiger partial charge in [-0.2, -0.15) is 0 Å². The molecule has 7 rings (SSSR count). The lowest BCUT2D eigenvalue weighted by atomic mass is 9.64. The summed E-state index contributed by atoms with van der Waals surface area (Å²) in [5.74, 6) is -3.28. The Bertz CT molecular complexity index is 1800. The Hall–Kier alpha value is -4.55. The quantitative estimate of drug-likeness (QED) is 0.283. The van der Waals surface area contributed by atoms with Crippen LogP contribution in [0.25, 0.3) is 6.08 Å². The average Bonchev–Trinajstić information content (AvgIpc) is 3.45. The number of para-hydroxylation sites is 1. The summed E-state index contributed by atoms with van der Waals surface area (Å²) in [5, 5.41) is 3.44. The molecule has 3 aliphatic rings. The summed E-state index contributed by atoms with van der Waals surface area (Å²) in [7, 11) is 0. The molecule has 1 amide bonds. The van der Waals surface area contributed by atoms with Crippen molar-refractivity contribution in [3.8, 4) is 0 Å². The van der Waals surface area contributed by atoms with Gasteiger partial charge in [-0.05, 0) is 72.6 Å². The number of benzene rings is 4. The molecule has 1 N–H and O–H groups in total. The van der Waals surface area contributed by atoms with E-state index < -0.39 is 40.9 Å². The zero-order valence-electron chi connectivity index (χ0n) is 22.0. The van der Waals surface area contributed by atoms with Gasteiger partial charge in [0.25, 0.3) is 0 Å². The van der Waals surface area contributed by atoms with E-state index in [-0.39, 0.29) is 11.3 Å². The molecule has 1 saturated heterocycles. The van der Waals surface area contributed by atoms with Crippen LogP contribution in [-0.4, -0.2) is 29.6 Å². The number of hydrogen-bond acceptors (Lipinski definition) is 4. The van der Waals surface area contributed by atoms with Gasteiger partial charge in [0.15, 0.2) is 11.6 Å². The van der Waals surface area contributed by atoms with Crippen molar-refractivity contribution < 1.29 is 18.8 Å².